The second kappa shape index (κ2) is 4.30. The summed E-state index contributed by atoms with van der Waals surface area (Å²) in [5, 5.41) is 8.94. The average molecular weight is 199 g/mol. The normalized spacial score (nSPS) is 35.2. The Morgan fingerprint density at radius 2 is 2.29 bits per heavy atom. The predicted molar refractivity (Wildman–Crippen MR) is 56.0 cm³/mol. The third-order valence-corrected chi connectivity index (χ3v) is 3.90. The molecule has 3 N–H and O–H groups in total. The minimum absolute atomic E-state index is 0.0195. The quantitative estimate of drug-likeness (QED) is 0.730. The van der Waals surface area contributed by atoms with E-state index in [1.807, 2.05) is 6.92 Å². The highest BCUT2D eigenvalue weighted by Gasteiger charge is 2.42. The maximum absolute atomic E-state index is 10.9. The Balaban J connectivity index is 2.83. The molecule has 1 aliphatic carbocycles. The molecule has 0 aliphatic heterocycles. The SMILES string of the molecule is CC(N)C1(CC(=O)O)CCCCC1C. The second-order valence-corrected chi connectivity index (χ2v) is 4.74. The first-order valence-corrected chi connectivity index (χ1v) is 5.46. The molecule has 0 aromatic carbocycles. The van der Waals surface area contributed by atoms with Crippen molar-refractivity contribution in [3.05, 3.63) is 0 Å². The Morgan fingerprint density at radius 3 is 2.71 bits per heavy atom. The predicted octanol–water partition coefficient (Wildman–Crippen LogP) is 2.00. The van der Waals surface area contributed by atoms with E-state index in [9.17, 15) is 4.79 Å². The highest BCUT2D eigenvalue weighted by atomic mass is 16.4. The molecular weight excluding hydrogens is 178 g/mol. The number of aliphatic carboxylic acids is 1. The van der Waals surface area contributed by atoms with Gasteiger partial charge in [-0.2, -0.15) is 0 Å². The zero-order valence-corrected chi connectivity index (χ0v) is 9.12. The van der Waals surface area contributed by atoms with Crippen molar-refractivity contribution in [1.82, 2.24) is 0 Å². The van der Waals surface area contributed by atoms with Gasteiger partial charge in [0.25, 0.3) is 0 Å². The van der Waals surface area contributed by atoms with Crippen LogP contribution in [-0.4, -0.2) is 17.1 Å². The number of hydrogen-bond acceptors (Lipinski definition) is 2. The highest BCUT2D eigenvalue weighted by molar-refractivity contribution is 5.68. The summed E-state index contributed by atoms with van der Waals surface area (Å²) < 4.78 is 0. The molecule has 3 atom stereocenters. The van der Waals surface area contributed by atoms with Crippen LogP contribution in [0.1, 0.15) is 46.0 Å². The topological polar surface area (TPSA) is 63.3 Å². The van der Waals surface area contributed by atoms with Crippen LogP contribution in [-0.2, 0) is 4.79 Å². The van der Waals surface area contributed by atoms with E-state index in [2.05, 4.69) is 6.92 Å². The molecule has 0 aromatic rings. The first-order valence-electron chi connectivity index (χ1n) is 5.46. The Bertz CT molecular complexity index is 215. The molecule has 3 unspecified atom stereocenters. The molecule has 82 valence electrons. The van der Waals surface area contributed by atoms with E-state index >= 15 is 0 Å². The van der Waals surface area contributed by atoms with Gasteiger partial charge in [0.1, 0.15) is 0 Å². The summed E-state index contributed by atoms with van der Waals surface area (Å²) in [6, 6.07) is -0.0195. The summed E-state index contributed by atoms with van der Waals surface area (Å²) in [6.45, 7) is 4.09. The largest absolute Gasteiger partial charge is 0.481 e. The molecule has 0 amide bonds. The molecule has 0 saturated heterocycles. The summed E-state index contributed by atoms with van der Waals surface area (Å²) in [7, 11) is 0. The van der Waals surface area contributed by atoms with E-state index in [1.165, 1.54) is 6.42 Å². The number of carboxylic acid groups (broad SMARTS) is 1. The molecule has 0 spiro atoms. The molecule has 0 bridgehead atoms. The van der Waals surface area contributed by atoms with Crippen LogP contribution in [0, 0.1) is 11.3 Å². The van der Waals surface area contributed by atoms with Crippen LogP contribution in [0.5, 0.6) is 0 Å². The Morgan fingerprint density at radius 1 is 1.64 bits per heavy atom. The molecule has 0 aromatic heterocycles. The Kier molecular flexibility index (Phi) is 3.53. The number of carboxylic acids is 1. The zero-order chi connectivity index (χ0) is 10.8. The second-order valence-electron chi connectivity index (χ2n) is 4.74. The van der Waals surface area contributed by atoms with E-state index in [4.69, 9.17) is 10.8 Å². The van der Waals surface area contributed by atoms with Crippen molar-refractivity contribution in [3.63, 3.8) is 0 Å². The van der Waals surface area contributed by atoms with Crippen LogP contribution in [0.3, 0.4) is 0 Å². The lowest BCUT2D eigenvalue weighted by molar-refractivity contribution is -0.142. The standard InChI is InChI=1S/C11H21NO2/c1-8-5-3-4-6-11(8,9(2)12)7-10(13)14/h8-9H,3-7,12H2,1-2H3,(H,13,14). The minimum Gasteiger partial charge on any atom is -0.481 e. The molecule has 3 heteroatoms. The lowest BCUT2D eigenvalue weighted by Crippen LogP contribution is -2.47. The van der Waals surface area contributed by atoms with E-state index < -0.39 is 5.97 Å². The summed E-state index contributed by atoms with van der Waals surface area (Å²) in [5.74, 6) is -0.275. The minimum atomic E-state index is -0.712. The number of rotatable bonds is 3. The molecule has 1 fully saturated rings. The lowest BCUT2D eigenvalue weighted by Gasteiger charge is -2.45. The van der Waals surface area contributed by atoms with Crippen LogP contribution in [0.4, 0.5) is 0 Å². The van der Waals surface area contributed by atoms with Gasteiger partial charge >= 0.3 is 5.97 Å². The zero-order valence-electron chi connectivity index (χ0n) is 9.12. The molecule has 0 radical (unpaired) electrons. The maximum Gasteiger partial charge on any atom is 0.303 e. The summed E-state index contributed by atoms with van der Waals surface area (Å²) in [6.07, 6.45) is 4.66. The van der Waals surface area contributed by atoms with Crippen LogP contribution in [0.15, 0.2) is 0 Å². The van der Waals surface area contributed by atoms with Crippen molar-refractivity contribution in [2.75, 3.05) is 0 Å². The molecule has 1 aliphatic rings. The fourth-order valence-corrected chi connectivity index (χ4v) is 2.82. The Labute approximate surface area is 85.7 Å². The van der Waals surface area contributed by atoms with Crippen molar-refractivity contribution in [3.8, 4) is 0 Å². The maximum atomic E-state index is 10.9. The third kappa shape index (κ3) is 2.08. The fraction of sp³-hybridized carbons (Fsp3) is 0.909. The van der Waals surface area contributed by atoms with E-state index in [0.29, 0.717) is 5.92 Å². The van der Waals surface area contributed by atoms with Gasteiger partial charge in [0, 0.05) is 6.04 Å². The van der Waals surface area contributed by atoms with Crippen LogP contribution >= 0.6 is 0 Å². The number of hydrogen-bond donors (Lipinski definition) is 2. The van der Waals surface area contributed by atoms with E-state index in [-0.39, 0.29) is 17.9 Å². The third-order valence-electron chi connectivity index (χ3n) is 3.90. The van der Waals surface area contributed by atoms with E-state index in [1.54, 1.807) is 0 Å². The molecular formula is C11H21NO2. The summed E-state index contributed by atoms with van der Waals surface area (Å²) >= 11 is 0. The van der Waals surface area contributed by atoms with Crippen molar-refractivity contribution in [2.24, 2.45) is 17.1 Å². The van der Waals surface area contributed by atoms with Gasteiger partial charge in [0.05, 0.1) is 6.42 Å². The van der Waals surface area contributed by atoms with Crippen molar-refractivity contribution >= 4 is 5.97 Å². The van der Waals surface area contributed by atoms with Crippen LogP contribution < -0.4 is 5.73 Å². The van der Waals surface area contributed by atoms with Gasteiger partial charge in [-0.3, -0.25) is 4.79 Å². The molecule has 3 nitrogen and oxygen atoms in total. The monoisotopic (exact) mass is 199 g/mol. The first-order chi connectivity index (χ1) is 6.49. The number of nitrogens with two attached hydrogens (primary N) is 1. The van der Waals surface area contributed by atoms with Crippen molar-refractivity contribution in [1.29, 1.82) is 0 Å². The van der Waals surface area contributed by atoms with Gasteiger partial charge in [-0.05, 0) is 24.7 Å². The molecule has 1 saturated carbocycles. The van der Waals surface area contributed by atoms with Gasteiger partial charge in [-0.1, -0.05) is 26.2 Å². The van der Waals surface area contributed by atoms with Crippen molar-refractivity contribution in [2.45, 2.75) is 52.0 Å². The van der Waals surface area contributed by atoms with Gasteiger partial charge in [-0.25, -0.2) is 0 Å². The lowest BCUT2D eigenvalue weighted by atomic mass is 9.61. The summed E-state index contributed by atoms with van der Waals surface area (Å²) in [5.41, 5.74) is 5.81. The molecule has 1 rings (SSSR count). The number of carbonyl (C=O) groups is 1. The fourth-order valence-electron chi connectivity index (χ4n) is 2.82. The van der Waals surface area contributed by atoms with Gasteiger partial charge in [0.15, 0.2) is 0 Å². The Hall–Kier alpha value is -0.570. The van der Waals surface area contributed by atoms with Crippen LogP contribution in [0.2, 0.25) is 0 Å². The van der Waals surface area contributed by atoms with Crippen LogP contribution in [0.25, 0.3) is 0 Å². The first kappa shape index (κ1) is 11.5. The van der Waals surface area contributed by atoms with Gasteiger partial charge in [-0.15, -0.1) is 0 Å². The molecule has 0 heterocycles. The smallest absolute Gasteiger partial charge is 0.303 e. The highest BCUT2D eigenvalue weighted by Crippen LogP contribution is 2.45. The van der Waals surface area contributed by atoms with Gasteiger partial charge in [0.2, 0.25) is 0 Å². The van der Waals surface area contributed by atoms with Gasteiger partial charge < -0.3 is 10.8 Å². The summed E-state index contributed by atoms with van der Waals surface area (Å²) in [4.78, 5) is 10.9. The average Bonchev–Trinajstić information content (AvgIpc) is 2.08. The van der Waals surface area contributed by atoms with E-state index in [0.717, 1.165) is 19.3 Å². The molecule has 14 heavy (non-hydrogen) atoms. The van der Waals surface area contributed by atoms with Crippen molar-refractivity contribution < 1.29 is 9.90 Å².